The lowest BCUT2D eigenvalue weighted by Gasteiger charge is -2.14. The minimum absolute atomic E-state index is 0.267. The number of benzene rings is 2. The molecule has 0 radical (unpaired) electrons. The van der Waals surface area contributed by atoms with Crippen molar-refractivity contribution in [1.29, 1.82) is 0 Å². The van der Waals surface area contributed by atoms with E-state index in [9.17, 15) is 9.59 Å². The Labute approximate surface area is 173 Å². The van der Waals surface area contributed by atoms with Gasteiger partial charge in [0.05, 0.1) is 5.39 Å². The van der Waals surface area contributed by atoms with Crippen molar-refractivity contribution >= 4 is 22.7 Å². The van der Waals surface area contributed by atoms with Gasteiger partial charge in [-0.2, -0.15) is 0 Å². The maximum Gasteiger partial charge on any atom is 0.251 e. The first kappa shape index (κ1) is 19.3. The fraction of sp³-hybridized carbons (Fsp3) is 0.130. The van der Waals surface area contributed by atoms with Crippen molar-refractivity contribution in [3.8, 4) is 11.3 Å². The molecule has 0 bridgehead atoms. The molecular formula is C23H20N4O3. The van der Waals surface area contributed by atoms with Crippen LogP contribution < -0.4 is 10.6 Å². The highest BCUT2D eigenvalue weighted by Crippen LogP contribution is 2.29. The molecule has 2 aromatic carbocycles. The molecule has 4 rings (SSSR count). The van der Waals surface area contributed by atoms with Crippen LogP contribution in [0.15, 0.2) is 77.6 Å². The summed E-state index contributed by atoms with van der Waals surface area (Å²) in [6.07, 6.45) is 3.33. The molecule has 2 N–H and O–H groups in total. The molecule has 150 valence electrons. The van der Waals surface area contributed by atoms with E-state index < -0.39 is 6.04 Å². The van der Waals surface area contributed by atoms with E-state index in [0.717, 1.165) is 16.5 Å². The van der Waals surface area contributed by atoms with Crippen LogP contribution >= 0.6 is 0 Å². The predicted molar refractivity (Wildman–Crippen MR) is 112 cm³/mol. The van der Waals surface area contributed by atoms with E-state index >= 15 is 0 Å². The third-order valence-electron chi connectivity index (χ3n) is 4.73. The summed E-state index contributed by atoms with van der Waals surface area (Å²) in [5, 5.41) is 10.3. The van der Waals surface area contributed by atoms with Crippen LogP contribution in [0.25, 0.3) is 22.2 Å². The van der Waals surface area contributed by atoms with E-state index in [-0.39, 0.29) is 11.8 Å². The number of carbonyl (C=O) groups excluding carboxylic acids is 2. The number of nitrogens with zero attached hydrogens (tertiary/aromatic N) is 2. The lowest BCUT2D eigenvalue weighted by atomic mass is 10.1. The molecule has 2 heterocycles. The van der Waals surface area contributed by atoms with Crippen molar-refractivity contribution in [2.75, 3.05) is 0 Å². The molecule has 0 saturated heterocycles. The van der Waals surface area contributed by atoms with Gasteiger partial charge in [-0.1, -0.05) is 35.5 Å². The van der Waals surface area contributed by atoms with Crippen LogP contribution in [0.4, 0.5) is 0 Å². The number of hydrogen-bond donors (Lipinski definition) is 2. The Morgan fingerprint density at radius 2 is 1.80 bits per heavy atom. The molecule has 7 heteroatoms. The van der Waals surface area contributed by atoms with Gasteiger partial charge in [0.25, 0.3) is 5.91 Å². The molecule has 0 spiro atoms. The number of pyridine rings is 1. The van der Waals surface area contributed by atoms with Gasteiger partial charge >= 0.3 is 0 Å². The number of rotatable bonds is 6. The van der Waals surface area contributed by atoms with Gasteiger partial charge in [0.15, 0.2) is 5.76 Å². The van der Waals surface area contributed by atoms with Gasteiger partial charge in [-0.05, 0) is 42.8 Å². The van der Waals surface area contributed by atoms with Crippen molar-refractivity contribution in [1.82, 2.24) is 20.8 Å². The molecule has 2 amide bonds. The molecule has 30 heavy (non-hydrogen) atoms. The second-order valence-corrected chi connectivity index (χ2v) is 6.88. The SMILES string of the molecule is CC(NC(=O)c1ccc2noc(-c3ccccc3)c2c1)C(=O)NCc1ccncc1. The van der Waals surface area contributed by atoms with E-state index in [1.807, 2.05) is 42.5 Å². The highest BCUT2D eigenvalue weighted by atomic mass is 16.5. The third kappa shape index (κ3) is 4.20. The first-order chi connectivity index (χ1) is 14.6. The number of amides is 2. The fourth-order valence-corrected chi connectivity index (χ4v) is 3.07. The quantitative estimate of drug-likeness (QED) is 0.517. The first-order valence-electron chi connectivity index (χ1n) is 9.54. The second-order valence-electron chi connectivity index (χ2n) is 6.88. The molecular weight excluding hydrogens is 380 g/mol. The summed E-state index contributed by atoms with van der Waals surface area (Å²) < 4.78 is 5.48. The molecule has 0 aliphatic rings. The van der Waals surface area contributed by atoms with E-state index in [0.29, 0.717) is 23.4 Å². The van der Waals surface area contributed by atoms with Crippen molar-refractivity contribution in [3.05, 3.63) is 84.2 Å². The zero-order valence-corrected chi connectivity index (χ0v) is 16.3. The van der Waals surface area contributed by atoms with Gasteiger partial charge in [-0.3, -0.25) is 14.6 Å². The van der Waals surface area contributed by atoms with Crippen molar-refractivity contribution in [2.24, 2.45) is 0 Å². The third-order valence-corrected chi connectivity index (χ3v) is 4.73. The maximum atomic E-state index is 12.7. The van der Waals surface area contributed by atoms with E-state index in [1.165, 1.54) is 0 Å². The fourth-order valence-electron chi connectivity index (χ4n) is 3.07. The highest BCUT2D eigenvalue weighted by Gasteiger charge is 2.18. The van der Waals surface area contributed by atoms with Crippen molar-refractivity contribution in [3.63, 3.8) is 0 Å². The lowest BCUT2D eigenvalue weighted by molar-refractivity contribution is -0.122. The second kappa shape index (κ2) is 8.57. The predicted octanol–water partition coefficient (Wildman–Crippen LogP) is 3.32. The van der Waals surface area contributed by atoms with Gasteiger partial charge in [0.1, 0.15) is 11.6 Å². The Morgan fingerprint density at radius 3 is 2.57 bits per heavy atom. The summed E-state index contributed by atoms with van der Waals surface area (Å²) in [6.45, 7) is 2.02. The molecule has 1 atom stereocenters. The van der Waals surface area contributed by atoms with Crippen LogP contribution in [0, 0.1) is 0 Å². The zero-order chi connectivity index (χ0) is 20.9. The minimum atomic E-state index is -0.689. The summed E-state index contributed by atoms with van der Waals surface area (Å²) in [4.78, 5) is 29.0. The number of hydrogen-bond acceptors (Lipinski definition) is 5. The number of nitrogens with one attached hydrogen (secondary N) is 2. The van der Waals surface area contributed by atoms with E-state index in [1.54, 1.807) is 37.5 Å². The largest absolute Gasteiger partial charge is 0.355 e. The van der Waals surface area contributed by atoms with Crippen LogP contribution in [-0.2, 0) is 11.3 Å². The molecule has 1 unspecified atom stereocenters. The van der Waals surface area contributed by atoms with Crippen LogP contribution in [0.1, 0.15) is 22.8 Å². The van der Waals surface area contributed by atoms with Crippen LogP contribution in [0.3, 0.4) is 0 Å². The van der Waals surface area contributed by atoms with Gasteiger partial charge in [-0.15, -0.1) is 0 Å². The van der Waals surface area contributed by atoms with Gasteiger partial charge in [0.2, 0.25) is 5.91 Å². The summed E-state index contributed by atoms with van der Waals surface area (Å²) >= 11 is 0. The molecule has 0 saturated carbocycles. The van der Waals surface area contributed by atoms with Gasteiger partial charge in [0, 0.05) is 30.1 Å². The smallest absolute Gasteiger partial charge is 0.251 e. The molecule has 0 aliphatic heterocycles. The van der Waals surface area contributed by atoms with Crippen molar-refractivity contribution < 1.29 is 14.1 Å². The Bertz CT molecular complexity index is 1170. The minimum Gasteiger partial charge on any atom is -0.355 e. The Kier molecular flexibility index (Phi) is 5.52. The highest BCUT2D eigenvalue weighted by molar-refractivity contribution is 6.02. The average molecular weight is 400 g/mol. The molecule has 7 nitrogen and oxygen atoms in total. The molecule has 2 aromatic heterocycles. The summed E-state index contributed by atoms with van der Waals surface area (Å²) in [6, 6.07) is 17.6. The summed E-state index contributed by atoms with van der Waals surface area (Å²) in [7, 11) is 0. The topological polar surface area (TPSA) is 97.1 Å². The van der Waals surface area contributed by atoms with Gasteiger partial charge < -0.3 is 15.2 Å². The van der Waals surface area contributed by atoms with E-state index in [4.69, 9.17) is 4.52 Å². The zero-order valence-electron chi connectivity index (χ0n) is 16.3. The Morgan fingerprint density at radius 1 is 1.03 bits per heavy atom. The summed E-state index contributed by atoms with van der Waals surface area (Å²) in [5.41, 5.74) is 2.90. The first-order valence-corrected chi connectivity index (χ1v) is 9.54. The monoisotopic (exact) mass is 400 g/mol. The normalized spacial score (nSPS) is 11.8. The van der Waals surface area contributed by atoms with Crippen LogP contribution in [-0.4, -0.2) is 28.0 Å². The number of aromatic nitrogens is 2. The number of fused-ring (bicyclic) bond motifs is 1. The molecule has 0 fully saturated rings. The van der Waals surface area contributed by atoms with Crippen molar-refractivity contribution in [2.45, 2.75) is 19.5 Å². The molecule has 4 aromatic rings. The lowest BCUT2D eigenvalue weighted by Crippen LogP contribution is -2.44. The van der Waals surface area contributed by atoms with Crippen LogP contribution in [0.2, 0.25) is 0 Å². The molecule has 0 aliphatic carbocycles. The Balaban J connectivity index is 1.45. The standard InChI is InChI=1S/C23H20N4O3/c1-15(22(28)25-14-16-9-11-24-12-10-16)26-23(29)18-7-8-20-19(13-18)21(30-27-20)17-5-3-2-4-6-17/h2-13,15H,14H2,1H3,(H,25,28)(H,26,29). The van der Waals surface area contributed by atoms with E-state index in [2.05, 4.69) is 20.8 Å². The average Bonchev–Trinajstić information content (AvgIpc) is 3.22. The van der Waals surface area contributed by atoms with Crippen LogP contribution in [0.5, 0.6) is 0 Å². The summed E-state index contributed by atoms with van der Waals surface area (Å²) in [5.74, 6) is -0.0109. The Hall–Kier alpha value is -4.00. The number of carbonyl (C=O) groups is 2. The van der Waals surface area contributed by atoms with Gasteiger partial charge in [-0.25, -0.2) is 0 Å². The maximum absolute atomic E-state index is 12.7.